The fourth-order valence-electron chi connectivity index (χ4n) is 3.27. The standard InChI is InChI=1S/C24H18Cl2N2O2/c1-14-3-6-16(7-4-14)21-22(27-18-10-5-15(2)20(26)13-18)24(30)28(23(21)29)19-11-8-17(25)9-12-19/h3-13,27H,1-2H3. The Morgan fingerprint density at radius 1 is 0.800 bits per heavy atom. The lowest BCUT2D eigenvalue weighted by Crippen LogP contribution is -2.32. The molecule has 3 aromatic carbocycles. The molecule has 0 radical (unpaired) electrons. The lowest BCUT2D eigenvalue weighted by molar-refractivity contribution is -0.120. The first-order valence-corrected chi connectivity index (χ1v) is 10.1. The van der Waals surface area contributed by atoms with Gasteiger partial charge in [-0.2, -0.15) is 0 Å². The van der Waals surface area contributed by atoms with Crippen LogP contribution in [0.1, 0.15) is 16.7 Å². The molecular weight excluding hydrogens is 419 g/mol. The van der Waals surface area contributed by atoms with Crippen LogP contribution in [0.25, 0.3) is 5.57 Å². The molecule has 2 amide bonds. The summed E-state index contributed by atoms with van der Waals surface area (Å²) in [4.78, 5) is 27.8. The van der Waals surface area contributed by atoms with Gasteiger partial charge in [-0.25, -0.2) is 4.90 Å². The van der Waals surface area contributed by atoms with Crippen LogP contribution < -0.4 is 10.2 Å². The van der Waals surface area contributed by atoms with Crippen LogP contribution in [-0.2, 0) is 9.59 Å². The minimum atomic E-state index is -0.436. The summed E-state index contributed by atoms with van der Waals surface area (Å²) in [7, 11) is 0. The van der Waals surface area contributed by atoms with Gasteiger partial charge in [0, 0.05) is 15.7 Å². The molecule has 0 fully saturated rings. The molecule has 0 saturated heterocycles. The molecule has 150 valence electrons. The Morgan fingerprint density at radius 3 is 2.10 bits per heavy atom. The number of carbonyl (C=O) groups is 2. The van der Waals surface area contributed by atoms with Crippen molar-refractivity contribution in [3.05, 3.63) is 99.2 Å². The van der Waals surface area contributed by atoms with Crippen LogP contribution in [0.2, 0.25) is 10.0 Å². The van der Waals surface area contributed by atoms with E-state index in [-0.39, 0.29) is 5.70 Å². The van der Waals surface area contributed by atoms with Crippen molar-refractivity contribution in [1.82, 2.24) is 0 Å². The minimum absolute atomic E-state index is 0.207. The highest BCUT2D eigenvalue weighted by Gasteiger charge is 2.40. The van der Waals surface area contributed by atoms with Gasteiger partial charge in [0.2, 0.25) is 0 Å². The monoisotopic (exact) mass is 436 g/mol. The molecule has 0 aromatic heterocycles. The first-order valence-electron chi connectivity index (χ1n) is 9.34. The van der Waals surface area contributed by atoms with Crippen molar-refractivity contribution in [2.24, 2.45) is 0 Å². The number of anilines is 2. The smallest absolute Gasteiger partial charge is 0.282 e. The maximum atomic E-state index is 13.4. The van der Waals surface area contributed by atoms with E-state index in [1.165, 1.54) is 0 Å². The Morgan fingerprint density at radius 2 is 1.47 bits per heavy atom. The molecule has 0 spiro atoms. The molecule has 0 saturated carbocycles. The number of carbonyl (C=O) groups excluding carboxylic acids is 2. The predicted molar refractivity (Wildman–Crippen MR) is 122 cm³/mol. The molecule has 6 heteroatoms. The summed E-state index contributed by atoms with van der Waals surface area (Å²) in [6.07, 6.45) is 0. The molecule has 0 atom stereocenters. The number of hydrogen-bond donors (Lipinski definition) is 1. The first-order chi connectivity index (χ1) is 14.3. The third kappa shape index (κ3) is 3.72. The number of rotatable bonds is 4. The number of halogens is 2. The highest BCUT2D eigenvalue weighted by molar-refractivity contribution is 6.46. The maximum absolute atomic E-state index is 13.4. The second-order valence-corrected chi connectivity index (χ2v) is 7.97. The van der Waals surface area contributed by atoms with Gasteiger partial charge in [-0.15, -0.1) is 0 Å². The van der Waals surface area contributed by atoms with Gasteiger partial charge in [-0.05, 0) is 61.4 Å². The van der Waals surface area contributed by atoms with E-state index >= 15 is 0 Å². The highest BCUT2D eigenvalue weighted by atomic mass is 35.5. The average molecular weight is 437 g/mol. The Kier molecular flexibility index (Phi) is 5.37. The van der Waals surface area contributed by atoms with Crippen LogP contribution in [-0.4, -0.2) is 11.8 Å². The first kappa shape index (κ1) is 20.2. The number of imide groups is 1. The maximum Gasteiger partial charge on any atom is 0.282 e. The van der Waals surface area contributed by atoms with Gasteiger partial charge in [0.05, 0.1) is 11.3 Å². The molecule has 3 aromatic rings. The van der Waals surface area contributed by atoms with Crippen LogP contribution in [0.5, 0.6) is 0 Å². The Bertz CT molecular complexity index is 1180. The molecule has 0 aliphatic carbocycles. The normalized spacial score (nSPS) is 13.9. The van der Waals surface area contributed by atoms with Gasteiger partial charge in [-0.3, -0.25) is 9.59 Å². The van der Waals surface area contributed by atoms with Gasteiger partial charge in [0.15, 0.2) is 0 Å². The molecule has 30 heavy (non-hydrogen) atoms. The van der Waals surface area contributed by atoms with Gasteiger partial charge in [0.1, 0.15) is 5.70 Å². The molecule has 1 aliphatic heterocycles. The van der Waals surface area contributed by atoms with E-state index in [1.807, 2.05) is 50.2 Å². The molecule has 0 bridgehead atoms. The summed E-state index contributed by atoms with van der Waals surface area (Å²) in [5.41, 5.74) is 4.25. The Hall–Kier alpha value is -3.08. The predicted octanol–water partition coefficient (Wildman–Crippen LogP) is 6.01. The molecule has 1 heterocycles. The SMILES string of the molecule is Cc1ccc(C2=C(Nc3ccc(C)c(Cl)c3)C(=O)N(c3ccc(Cl)cc3)C2=O)cc1. The van der Waals surface area contributed by atoms with E-state index in [1.54, 1.807) is 30.3 Å². The van der Waals surface area contributed by atoms with Gasteiger partial charge >= 0.3 is 0 Å². The lowest BCUT2D eigenvalue weighted by atomic mass is 10.0. The number of aryl methyl sites for hydroxylation is 2. The van der Waals surface area contributed by atoms with Gasteiger partial charge in [-0.1, -0.05) is 59.1 Å². The second-order valence-electron chi connectivity index (χ2n) is 7.13. The van der Waals surface area contributed by atoms with Crippen molar-refractivity contribution in [2.75, 3.05) is 10.2 Å². The average Bonchev–Trinajstić information content (AvgIpc) is 2.96. The zero-order valence-electron chi connectivity index (χ0n) is 16.4. The summed E-state index contributed by atoms with van der Waals surface area (Å²) < 4.78 is 0. The molecular formula is C24H18Cl2N2O2. The molecule has 4 rings (SSSR count). The van der Waals surface area contributed by atoms with Crippen LogP contribution in [0.4, 0.5) is 11.4 Å². The van der Waals surface area contributed by atoms with Crippen LogP contribution in [0.15, 0.2) is 72.4 Å². The van der Waals surface area contributed by atoms with E-state index in [9.17, 15) is 9.59 Å². The fourth-order valence-corrected chi connectivity index (χ4v) is 3.58. The van der Waals surface area contributed by atoms with Crippen LogP contribution in [0.3, 0.4) is 0 Å². The third-order valence-corrected chi connectivity index (χ3v) is 5.61. The molecule has 4 nitrogen and oxygen atoms in total. The Balaban J connectivity index is 1.82. The number of benzene rings is 3. The van der Waals surface area contributed by atoms with Crippen molar-refractivity contribution in [3.8, 4) is 0 Å². The van der Waals surface area contributed by atoms with E-state index in [4.69, 9.17) is 23.2 Å². The van der Waals surface area contributed by atoms with E-state index in [0.717, 1.165) is 16.0 Å². The highest BCUT2D eigenvalue weighted by Crippen LogP contribution is 2.34. The summed E-state index contributed by atoms with van der Waals surface area (Å²) in [6, 6.07) is 19.5. The number of hydrogen-bond acceptors (Lipinski definition) is 3. The summed E-state index contributed by atoms with van der Waals surface area (Å²) >= 11 is 12.2. The number of amides is 2. The zero-order valence-corrected chi connectivity index (χ0v) is 17.9. The third-order valence-electron chi connectivity index (χ3n) is 4.95. The van der Waals surface area contributed by atoms with Crippen LogP contribution in [0, 0.1) is 13.8 Å². The van der Waals surface area contributed by atoms with E-state index in [0.29, 0.717) is 32.6 Å². The number of nitrogens with zero attached hydrogens (tertiary/aromatic N) is 1. The molecule has 1 aliphatic rings. The van der Waals surface area contributed by atoms with Gasteiger partial charge in [0.25, 0.3) is 11.8 Å². The summed E-state index contributed by atoms with van der Waals surface area (Å²) in [6.45, 7) is 3.86. The zero-order chi connectivity index (χ0) is 21.4. The van der Waals surface area contributed by atoms with Crippen molar-refractivity contribution in [2.45, 2.75) is 13.8 Å². The quantitative estimate of drug-likeness (QED) is 0.509. The van der Waals surface area contributed by atoms with E-state index in [2.05, 4.69) is 5.32 Å². The van der Waals surface area contributed by atoms with Crippen LogP contribution >= 0.6 is 23.2 Å². The molecule has 0 unspecified atom stereocenters. The van der Waals surface area contributed by atoms with Crippen molar-refractivity contribution >= 4 is 52.0 Å². The summed E-state index contributed by atoms with van der Waals surface area (Å²) in [5.74, 6) is -0.832. The fraction of sp³-hybridized carbons (Fsp3) is 0.0833. The van der Waals surface area contributed by atoms with Crippen molar-refractivity contribution in [3.63, 3.8) is 0 Å². The van der Waals surface area contributed by atoms with E-state index < -0.39 is 11.8 Å². The van der Waals surface area contributed by atoms with Crippen molar-refractivity contribution < 1.29 is 9.59 Å². The second kappa shape index (κ2) is 7.98. The largest absolute Gasteiger partial charge is 0.350 e. The van der Waals surface area contributed by atoms with Crippen molar-refractivity contribution in [1.29, 1.82) is 0 Å². The lowest BCUT2D eigenvalue weighted by Gasteiger charge is -2.15. The topological polar surface area (TPSA) is 49.4 Å². The minimum Gasteiger partial charge on any atom is -0.350 e. The number of nitrogens with one attached hydrogen (secondary N) is 1. The van der Waals surface area contributed by atoms with Gasteiger partial charge < -0.3 is 5.32 Å². The summed E-state index contributed by atoms with van der Waals surface area (Å²) in [5, 5.41) is 4.22. The Labute approximate surface area is 184 Å². The molecule has 1 N–H and O–H groups in total.